The molecule has 4 rings (SSSR count). The van der Waals surface area contributed by atoms with Gasteiger partial charge < -0.3 is 0 Å². The first-order chi connectivity index (χ1) is 15.2. The average Bonchev–Trinajstić information content (AvgIpc) is 2.77. The summed E-state index contributed by atoms with van der Waals surface area (Å²) < 4.78 is 0. The molecule has 32 heavy (non-hydrogen) atoms. The third-order valence-corrected chi connectivity index (χ3v) is 6.44. The molecule has 0 heterocycles. The van der Waals surface area contributed by atoms with Gasteiger partial charge in [-0.05, 0) is 67.5 Å². The van der Waals surface area contributed by atoms with E-state index >= 15 is 0 Å². The highest BCUT2D eigenvalue weighted by molar-refractivity contribution is 5.84. The van der Waals surface area contributed by atoms with Gasteiger partial charge >= 0.3 is 0 Å². The zero-order valence-electron chi connectivity index (χ0n) is 21.2. The van der Waals surface area contributed by atoms with Crippen molar-refractivity contribution in [1.82, 2.24) is 0 Å². The van der Waals surface area contributed by atoms with Crippen LogP contribution < -0.4 is 0 Å². The van der Waals surface area contributed by atoms with Gasteiger partial charge in [0.1, 0.15) is 0 Å². The van der Waals surface area contributed by atoms with Crippen LogP contribution in [0.1, 0.15) is 101 Å². The third-order valence-electron chi connectivity index (χ3n) is 6.44. The van der Waals surface area contributed by atoms with Gasteiger partial charge in [-0.3, -0.25) is 0 Å². The summed E-state index contributed by atoms with van der Waals surface area (Å²) >= 11 is 0. The van der Waals surface area contributed by atoms with Crippen LogP contribution in [0.2, 0.25) is 0 Å². The maximum Gasteiger partial charge on any atom is -0.0178 e. The van der Waals surface area contributed by atoms with Gasteiger partial charge in [-0.25, -0.2) is 0 Å². The summed E-state index contributed by atoms with van der Waals surface area (Å²) in [4.78, 5) is 0. The lowest BCUT2D eigenvalue weighted by Gasteiger charge is -2.10. The number of fused-ring (bicyclic) bond motifs is 2. The Morgan fingerprint density at radius 2 is 0.562 bits per heavy atom. The predicted octanol–water partition coefficient (Wildman–Crippen LogP) is 10.2. The van der Waals surface area contributed by atoms with E-state index in [-0.39, 0.29) is 0 Å². The third kappa shape index (κ3) is 5.80. The Bertz CT molecular complexity index is 1090. The lowest BCUT2D eigenvalue weighted by molar-refractivity contribution is 0.865. The molecule has 168 valence electrons. The SMILES string of the molecule is CC(C)c1ccc2cc(C(C)C)ccc2c1.CC(C)c1ccc2ccc(C(C)C)cc2c1. The maximum atomic E-state index is 2.33. The molecule has 0 N–H and O–H groups in total. The molecule has 0 saturated heterocycles. The maximum absolute atomic E-state index is 2.33. The Morgan fingerprint density at radius 1 is 0.312 bits per heavy atom. The van der Waals surface area contributed by atoms with Crippen LogP contribution in [-0.2, 0) is 0 Å². The molecule has 0 spiro atoms. The molecule has 0 saturated carbocycles. The minimum atomic E-state index is 0.604. The van der Waals surface area contributed by atoms with Crippen molar-refractivity contribution < 1.29 is 0 Å². The minimum Gasteiger partial charge on any atom is -0.0587 e. The van der Waals surface area contributed by atoms with Gasteiger partial charge in [0, 0.05) is 0 Å². The van der Waals surface area contributed by atoms with Gasteiger partial charge in [0.2, 0.25) is 0 Å². The molecule has 0 aliphatic rings. The summed E-state index contributed by atoms with van der Waals surface area (Å²) in [5, 5.41) is 5.43. The molecule has 0 radical (unpaired) electrons. The second-order valence-corrected chi connectivity index (χ2v) is 10.4. The van der Waals surface area contributed by atoms with Crippen molar-refractivity contribution in [3.05, 3.63) is 95.1 Å². The summed E-state index contributed by atoms with van der Waals surface area (Å²) in [7, 11) is 0. The summed E-state index contributed by atoms with van der Waals surface area (Å²) in [6.45, 7) is 17.9. The van der Waals surface area contributed by atoms with E-state index in [0.717, 1.165) is 0 Å². The minimum absolute atomic E-state index is 0.604. The Kier molecular flexibility index (Phi) is 7.77. The topological polar surface area (TPSA) is 0 Å². The van der Waals surface area contributed by atoms with E-state index in [9.17, 15) is 0 Å². The monoisotopic (exact) mass is 424 g/mol. The van der Waals surface area contributed by atoms with Crippen molar-refractivity contribution in [2.45, 2.75) is 79.1 Å². The molecular weight excluding hydrogens is 384 g/mol. The van der Waals surface area contributed by atoms with Crippen LogP contribution in [0.25, 0.3) is 21.5 Å². The van der Waals surface area contributed by atoms with Gasteiger partial charge in [0.05, 0.1) is 0 Å². The first-order valence-corrected chi connectivity index (χ1v) is 12.2. The smallest absolute Gasteiger partial charge is 0.0178 e. The quantitative estimate of drug-likeness (QED) is 0.305. The second kappa shape index (κ2) is 10.3. The van der Waals surface area contributed by atoms with Gasteiger partial charge in [-0.1, -0.05) is 128 Å². The van der Waals surface area contributed by atoms with Gasteiger partial charge in [-0.2, -0.15) is 0 Å². The lowest BCUT2D eigenvalue weighted by atomic mass is 9.95. The molecule has 0 atom stereocenters. The van der Waals surface area contributed by atoms with Crippen molar-refractivity contribution >= 4 is 21.5 Å². The Hall–Kier alpha value is -2.60. The van der Waals surface area contributed by atoms with Crippen molar-refractivity contribution in [1.29, 1.82) is 0 Å². The van der Waals surface area contributed by atoms with Gasteiger partial charge in [0.15, 0.2) is 0 Å². The van der Waals surface area contributed by atoms with Crippen LogP contribution in [0.5, 0.6) is 0 Å². The first-order valence-electron chi connectivity index (χ1n) is 12.2. The Labute approximate surface area is 195 Å². The second-order valence-electron chi connectivity index (χ2n) is 10.4. The number of hydrogen-bond acceptors (Lipinski definition) is 0. The summed E-state index contributed by atoms with van der Waals surface area (Å²) in [5.41, 5.74) is 5.69. The van der Waals surface area contributed by atoms with Crippen molar-refractivity contribution in [2.75, 3.05) is 0 Å². The predicted molar refractivity (Wildman–Crippen MR) is 144 cm³/mol. The molecule has 0 aliphatic carbocycles. The summed E-state index contributed by atoms with van der Waals surface area (Å²) in [6, 6.07) is 27.2. The molecule has 0 amide bonds. The van der Waals surface area contributed by atoms with Crippen LogP contribution in [0.4, 0.5) is 0 Å². The first kappa shape index (κ1) is 24.1. The fourth-order valence-corrected chi connectivity index (χ4v) is 4.00. The summed E-state index contributed by atoms with van der Waals surface area (Å²) in [6.07, 6.45) is 0. The fourth-order valence-electron chi connectivity index (χ4n) is 4.00. The van der Waals surface area contributed by atoms with Crippen molar-refractivity contribution in [3.8, 4) is 0 Å². The normalized spacial score (nSPS) is 11.6. The molecule has 0 unspecified atom stereocenters. The van der Waals surface area contributed by atoms with E-state index in [1.54, 1.807) is 0 Å². The van der Waals surface area contributed by atoms with Crippen LogP contribution in [0, 0.1) is 0 Å². The van der Waals surface area contributed by atoms with Crippen molar-refractivity contribution in [2.24, 2.45) is 0 Å². The van der Waals surface area contributed by atoms with Crippen molar-refractivity contribution in [3.63, 3.8) is 0 Å². The number of hydrogen-bond donors (Lipinski definition) is 0. The Morgan fingerprint density at radius 3 is 0.844 bits per heavy atom. The van der Waals surface area contributed by atoms with E-state index in [2.05, 4.69) is 128 Å². The molecule has 0 aliphatic heterocycles. The fraction of sp³-hybridized carbons (Fsp3) is 0.375. The number of benzene rings is 4. The van der Waals surface area contributed by atoms with Crippen LogP contribution >= 0.6 is 0 Å². The molecule has 4 aromatic carbocycles. The molecule has 0 bridgehead atoms. The molecule has 0 aromatic heterocycles. The lowest BCUT2D eigenvalue weighted by Crippen LogP contribution is -1.89. The number of rotatable bonds is 4. The molecule has 0 fully saturated rings. The highest BCUT2D eigenvalue weighted by Gasteiger charge is 2.04. The van der Waals surface area contributed by atoms with Crippen LogP contribution in [-0.4, -0.2) is 0 Å². The highest BCUT2D eigenvalue weighted by Crippen LogP contribution is 2.26. The van der Waals surface area contributed by atoms with E-state index < -0.39 is 0 Å². The van der Waals surface area contributed by atoms with Gasteiger partial charge in [-0.15, -0.1) is 0 Å². The van der Waals surface area contributed by atoms with E-state index in [1.165, 1.54) is 43.8 Å². The molecule has 4 aromatic rings. The zero-order chi connectivity index (χ0) is 23.4. The summed E-state index contributed by atoms with van der Waals surface area (Å²) in [5.74, 6) is 2.42. The largest absolute Gasteiger partial charge is 0.0587 e. The molecule has 0 heteroatoms. The Balaban J connectivity index is 0.000000181. The van der Waals surface area contributed by atoms with E-state index in [1.807, 2.05) is 0 Å². The highest BCUT2D eigenvalue weighted by atomic mass is 14.1. The molecule has 0 nitrogen and oxygen atoms in total. The average molecular weight is 425 g/mol. The zero-order valence-corrected chi connectivity index (χ0v) is 21.2. The van der Waals surface area contributed by atoms with E-state index in [4.69, 9.17) is 0 Å². The standard InChI is InChI=1S/2C16H20/c1-11(2)13-5-7-16-10-14(12(3)4)6-8-15(16)9-13;1-11(2)14-7-5-13-6-8-15(12(3)4)10-16(13)9-14/h2*5-12H,1-4H3. The molecular formula is C32H40. The van der Waals surface area contributed by atoms with Gasteiger partial charge in [0.25, 0.3) is 0 Å². The van der Waals surface area contributed by atoms with Crippen LogP contribution in [0.3, 0.4) is 0 Å². The van der Waals surface area contributed by atoms with Crippen LogP contribution in [0.15, 0.2) is 72.8 Å². The van der Waals surface area contributed by atoms with E-state index in [0.29, 0.717) is 23.7 Å².